The standard InChI is InChI=1S/C26H33N3O3/c1-5-20-16-18(3)15-19(4)24(20)27-11-13-28(14-12-27)25(30)21-7-9-22(10-8-21)29-17-23(6-2)32-26(29)31/h7-10,15-16,23H,5-6,11-14,17H2,1-4H3. The number of hydrogen-bond donors (Lipinski definition) is 0. The molecule has 0 saturated carbocycles. The largest absolute Gasteiger partial charge is 0.444 e. The zero-order chi connectivity index (χ0) is 22.8. The molecule has 2 saturated heterocycles. The monoisotopic (exact) mass is 435 g/mol. The Kier molecular flexibility index (Phi) is 6.40. The van der Waals surface area contributed by atoms with Crippen LogP contribution < -0.4 is 9.80 Å². The van der Waals surface area contributed by atoms with Crippen molar-refractivity contribution in [2.75, 3.05) is 42.5 Å². The van der Waals surface area contributed by atoms with Gasteiger partial charge >= 0.3 is 6.09 Å². The molecule has 2 heterocycles. The molecule has 0 spiro atoms. The molecular formula is C26H33N3O3. The summed E-state index contributed by atoms with van der Waals surface area (Å²) < 4.78 is 5.34. The molecule has 0 aliphatic carbocycles. The second kappa shape index (κ2) is 9.23. The summed E-state index contributed by atoms with van der Waals surface area (Å²) in [7, 11) is 0. The van der Waals surface area contributed by atoms with Gasteiger partial charge in [0.25, 0.3) is 5.91 Å². The molecule has 2 fully saturated rings. The topological polar surface area (TPSA) is 53.1 Å². The van der Waals surface area contributed by atoms with E-state index in [1.54, 1.807) is 4.90 Å². The number of hydrogen-bond acceptors (Lipinski definition) is 4. The number of carbonyl (C=O) groups is 2. The zero-order valence-corrected chi connectivity index (χ0v) is 19.6. The Morgan fingerprint density at radius 3 is 2.31 bits per heavy atom. The third-order valence-electron chi connectivity index (χ3n) is 6.54. The lowest BCUT2D eigenvalue weighted by molar-refractivity contribution is 0.0746. The van der Waals surface area contributed by atoms with E-state index in [-0.39, 0.29) is 18.1 Å². The van der Waals surface area contributed by atoms with Gasteiger partial charge in [-0.05, 0) is 62.1 Å². The predicted octanol–water partition coefficient (Wildman–Crippen LogP) is 4.56. The quantitative estimate of drug-likeness (QED) is 0.691. The van der Waals surface area contributed by atoms with Gasteiger partial charge in [0.2, 0.25) is 0 Å². The summed E-state index contributed by atoms with van der Waals surface area (Å²) in [6.07, 6.45) is 1.43. The third kappa shape index (κ3) is 4.31. The number of amides is 2. The molecule has 2 aromatic carbocycles. The van der Waals surface area contributed by atoms with Crippen LogP contribution in [-0.2, 0) is 11.2 Å². The van der Waals surface area contributed by atoms with E-state index in [0.29, 0.717) is 25.2 Å². The van der Waals surface area contributed by atoms with Crippen molar-refractivity contribution in [3.8, 4) is 0 Å². The van der Waals surface area contributed by atoms with Crippen LogP contribution in [0.2, 0.25) is 0 Å². The van der Waals surface area contributed by atoms with E-state index in [1.807, 2.05) is 36.1 Å². The molecule has 2 aromatic rings. The minimum Gasteiger partial charge on any atom is -0.444 e. The number of aryl methyl sites for hydroxylation is 3. The highest BCUT2D eigenvalue weighted by Crippen LogP contribution is 2.29. The molecule has 32 heavy (non-hydrogen) atoms. The first kappa shape index (κ1) is 22.2. The number of ether oxygens (including phenoxy) is 1. The Hall–Kier alpha value is -3.02. The molecule has 2 amide bonds. The average molecular weight is 436 g/mol. The lowest BCUT2D eigenvalue weighted by Gasteiger charge is -2.38. The molecule has 0 radical (unpaired) electrons. The normalized spacial score (nSPS) is 18.8. The van der Waals surface area contributed by atoms with Gasteiger partial charge in [0.1, 0.15) is 6.10 Å². The first-order valence-electron chi connectivity index (χ1n) is 11.6. The van der Waals surface area contributed by atoms with Gasteiger partial charge < -0.3 is 14.5 Å². The van der Waals surface area contributed by atoms with Crippen LogP contribution in [0.25, 0.3) is 0 Å². The molecule has 6 nitrogen and oxygen atoms in total. The minimum atomic E-state index is -0.315. The molecule has 2 aliphatic rings. The molecule has 0 bridgehead atoms. The van der Waals surface area contributed by atoms with Gasteiger partial charge in [-0.1, -0.05) is 31.5 Å². The highest BCUT2D eigenvalue weighted by atomic mass is 16.6. The van der Waals surface area contributed by atoms with Crippen LogP contribution in [-0.4, -0.2) is 55.7 Å². The van der Waals surface area contributed by atoms with Crippen LogP contribution in [0.4, 0.5) is 16.2 Å². The molecule has 1 unspecified atom stereocenters. The number of carbonyl (C=O) groups excluding carboxylic acids is 2. The summed E-state index contributed by atoms with van der Waals surface area (Å²) in [6, 6.07) is 11.8. The van der Waals surface area contributed by atoms with Gasteiger partial charge in [-0.15, -0.1) is 0 Å². The zero-order valence-electron chi connectivity index (χ0n) is 19.6. The molecular weight excluding hydrogens is 402 g/mol. The second-order valence-electron chi connectivity index (χ2n) is 8.79. The number of cyclic esters (lactones) is 1. The summed E-state index contributed by atoms with van der Waals surface area (Å²) in [6.45, 7) is 12.2. The van der Waals surface area contributed by atoms with Crippen LogP contribution in [0.1, 0.15) is 47.3 Å². The Bertz CT molecular complexity index is 994. The van der Waals surface area contributed by atoms with Crippen molar-refractivity contribution in [1.29, 1.82) is 0 Å². The fraction of sp³-hybridized carbons (Fsp3) is 0.462. The highest BCUT2D eigenvalue weighted by Gasteiger charge is 2.31. The van der Waals surface area contributed by atoms with Crippen molar-refractivity contribution in [3.63, 3.8) is 0 Å². The number of anilines is 2. The lowest BCUT2D eigenvalue weighted by Crippen LogP contribution is -2.49. The van der Waals surface area contributed by atoms with Gasteiger partial charge in [0.15, 0.2) is 0 Å². The van der Waals surface area contributed by atoms with Gasteiger partial charge in [-0.3, -0.25) is 9.69 Å². The van der Waals surface area contributed by atoms with Crippen molar-refractivity contribution >= 4 is 23.4 Å². The van der Waals surface area contributed by atoms with Crippen LogP contribution in [0.15, 0.2) is 36.4 Å². The van der Waals surface area contributed by atoms with Gasteiger partial charge in [-0.25, -0.2) is 4.79 Å². The van der Waals surface area contributed by atoms with E-state index in [4.69, 9.17) is 4.74 Å². The number of rotatable bonds is 5. The van der Waals surface area contributed by atoms with E-state index in [9.17, 15) is 9.59 Å². The summed E-state index contributed by atoms with van der Waals surface area (Å²) in [5.41, 5.74) is 6.74. The fourth-order valence-corrected chi connectivity index (χ4v) is 4.81. The van der Waals surface area contributed by atoms with Gasteiger partial charge in [0, 0.05) is 43.1 Å². The summed E-state index contributed by atoms with van der Waals surface area (Å²) in [5.74, 6) is 0.0444. The lowest BCUT2D eigenvalue weighted by atomic mass is 10.0. The molecule has 6 heteroatoms. The van der Waals surface area contributed by atoms with E-state index in [1.165, 1.54) is 22.4 Å². The number of piperazine rings is 1. The Morgan fingerprint density at radius 2 is 1.72 bits per heavy atom. The van der Waals surface area contributed by atoms with Crippen LogP contribution in [0, 0.1) is 13.8 Å². The SMILES string of the molecule is CCc1cc(C)cc(C)c1N1CCN(C(=O)c2ccc(N3CC(CC)OC3=O)cc2)CC1. The molecule has 2 aliphatic heterocycles. The second-order valence-corrected chi connectivity index (χ2v) is 8.79. The smallest absolute Gasteiger partial charge is 0.414 e. The average Bonchev–Trinajstić information content (AvgIpc) is 3.19. The first-order chi connectivity index (χ1) is 15.4. The maximum Gasteiger partial charge on any atom is 0.414 e. The Labute approximate surface area is 190 Å². The Balaban J connectivity index is 1.40. The van der Waals surface area contributed by atoms with Crippen LogP contribution >= 0.6 is 0 Å². The highest BCUT2D eigenvalue weighted by molar-refractivity contribution is 5.96. The van der Waals surface area contributed by atoms with E-state index < -0.39 is 0 Å². The fourth-order valence-electron chi connectivity index (χ4n) is 4.81. The van der Waals surface area contributed by atoms with Crippen LogP contribution in [0.3, 0.4) is 0 Å². The number of benzene rings is 2. The summed E-state index contributed by atoms with van der Waals surface area (Å²) in [5, 5.41) is 0. The minimum absolute atomic E-state index is 0.0444. The summed E-state index contributed by atoms with van der Waals surface area (Å²) >= 11 is 0. The number of nitrogens with zero attached hydrogens (tertiary/aromatic N) is 3. The molecule has 0 aromatic heterocycles. The third-order valence-corrected chi connectivity index (χ3v) is 6.54. The van der Waals surface area contributed by atoms with Crippen molar-refractivity contribution in [2.24, 2.45) is 0 Å². The van der Waals surface area contributed by atoms with E-state index >= 15 is 0 Å². The van der Waals surface area contributed by atoms with Crippen molar-refractivity contribution in [3.05, 3.63) is 58.7 Å². The first-order valence-corrected chi connectivity index (χ1v) is 11.6. The molecule has 170 valence electrons. The van der Waals surface area contributed by atoms with Crippen LogP contribution in [0.5, 0.6) is 0 Å². The molecule has 0 N–H and O–H groups in total. The molecule has 4 rings (SSSR count). The van der Waals surface area contributed by atoms with Crippen molar-refractivity contribution in [2.45, 2.75) is 46.6 Å². The predicted molar refractivity (Wildman–Crippen MR) is 128 cm³/mol. The maximum atomic E-state index is 13.1. The summed E-state index contributed by atoms with van der Waals surface area (Å²) in [4.78, 5) is 31.1. The van der Waals surface area contributed by atoms with Gasteiger partial charge in [-0.2, -0.15) is 0 Å². The van der Waals surface area contributed by atoms with Crippen molar-refractivity contribution in [1.82, 2.24) is 4.90 Å². The Morgan fingerprint density at radius 1 is 1.03 bits per heavy atom. The maximum absolute atomic E-state index is 13.1. The van der Waals surface area contributed by atoms with E-state index in [0.717, 1.165) is 31.6 Å². The van der Waals surface area contributed by atoms with E-state index in [2.05, 4.69) is 37.8 Å². The van der Waals surface area contributed by atoms with Gasteiger partial charge in [0.05, 0.1) is 6.54 Å². The molecule has 1 atom stereocenters. The van der Waals surface area contributed by atoms with Crippen molar-refractivity contribution < 1.29 is 14.3 Å².